The maximum Gasteiger partial charge on any atom is 0.243 e. The quantitative estimate of drug-likeness (QED) is 0.652. The zero-order chi connectivity index (χ0) is 14.0. The topological polar surface area (TPSA) is 75.2 Å². The molecule has 1 aliphatic heterocycles. The van der Waals surface area contributed by atoms with Crippen LogP contribution in [-0.2, 0) is 16.1 Å². The minimum Gasteiger partial charge on any atom is -0.294 e. The number of hydrogen-bond donors (Lipinski definition) is 1. The van der Waals surface area contributed by atoms with Gasteiger partial charge in [-0.1, -0.05) is 18.5 Å². The minimum absolute atomic E-state index is 0.166. The zero-order valence-corrected chi connectivity index (χ0v) is 11.6. The van der Waals surface area contributed by atoms with Crippen molar-refractivity contribution < 1.29 is 9.59 Å². The summed E-state index contributed by atoms with van der Waals surface area (Å²) in [5.74, 6) is -0.0445. The van der Waals surface area contributed by atoms with E-state index in [0.717, 1.165) is 5.69 Å². The van der Waals surface area contributed by atoms with Crippen LogP contribution in [0.3, 0.4) is 0 Å². The van der Waals surface area contributed by atoms with E-state index in [4.69, 9.17) is 11.6 Å². The van der Waals surface area contributed by atoms with Gasteiger partial charge in [0, 0.05) is 5.69 Å². The van der Waals surface area contributed by atoms with Crippen molar-refractivity contribution in [3.8, 4) is 0 Å². The molecule has 0 aromatic carbocycles. The zero-order valence-electron chi connectivity index (χ0n) is 10.8. The van der Waals surface area contributed by atoms with E-state index in [1.807, 2.05) is 13.8 Å². The van der Waals surface area contributed by atoms with E-state index in [1.165, 1.54) is 0 Å². The number of imide groups is 1. The lowest BCUT2D eigenvalue weighted by Gasteiger charge is -2.32. The van der Waals surface area contributed by atoms with Crippen molar-refractivity contribution >= 4 is 23.4 Å². The van der Waals surface area contributed by atoms with Crippen LogP contribution in [0.2, 0.25) is 5.15 Å². The standard InChI is InChI=1S/C12H15ClN4O2/c1-3-8-12(19)16-11(18)6-17(8)5-10-14-7(2)4-9(13)15-10/h4,8H,3,5-6H2,1-2H3,(H,16,18,19). The maximum atomic E-state index is 11.7. The van der Waals surface area contributed by atoms with E-state index in [2.05, 4.69) is 15.3 Å². The number of halogens is 1. The SMILES string of the molecule is CCC1C(=O)NC(=O)CN1Cc1nc(C)cc(Cl)n1. The molecule has 2 rings (SSSR count). The molecule has 0 spiro atoms. The first kappa shape index (κ1) is 13.9. The summed E-state index contributed by atoms with van der Waals surface area (Å²) in [5.41, 5.74) is 0.760. The molecule has 0 saturated carbocycles. The third-order valence-electron chi connectivity index (χ3n) is 2.95. The Balaban J connectivity index is 2.19. The molecule has 1 atom stereocenters. The van der Waals surface area contributed by atoms with Crippen LogP contribution in [0, 0.1) is 6.92 Å². The summed E-state index contributed by atoms with van der Waals surface area (Å²) in [6.07, 6.45) is 0.624. The number of carbonyl (C=O) groups excluding carboxylic acids is 2. The van der Waals surface area contributed by atoms with Crippen LogP contribution >= 0.6 is 11.6 Å². The van der Waals surface area contributed by atoms with Crippen LogP contribution in [0.1, 0.15) is 24.9 Å². The Morgan fingerprint density at radius 1 is 1.47 bits per heavy atom. The van der Waals surface area contributed by atoms with Crippen molar-refractivity contribution in [1.29, 1.82) is 0 Å². The molecule has 1 saturated heterocycles. The normalized spacial score (nSPS) is 20.5. The number of carbonyl (C=O) groups is 2. The Kier molecular flexibility index (Phi) is 4.11. The minimum atomic E-state index is -0.333. The van der Waals surface area contributed by atoms with Crippen molar-refractivity contribution in [2.24, 2.45) is 0 Å². The van der Waals surface area contributed by atoms with E-state index in [-0.39, 0.29) is 24.4 Å². The van der Waals surface area contributed by atoms with Gasteiger partial charge in [0.05, 0.1) is 19.1 Å². The summed E-state index contributed by atoms with van der Waals surface area (Å²) in [5, 5.41) is 2.70. The second-order valence-electron chi connectivity index (χ2n) is 4.49. The lowest BCUT2D eigenvalue weighted by molar-refractivity contribution is -0.140. The van der Waals surface area contributed by atoms with Gasteiger partial charge >= 0.3 is 0 Å². The van der Waals surface area contributed by atoms with Crippen LogP contribution < -0.4 is 5.32 Å². The maximum absolute atomic E-state index is 11.7. The van der Waals surface area contributed by atoms with Crippen molar-refractivity contribution in [2.75, 3.05) is 6.54 Å². The predicted octanol–water partition coefficient (Wildman–Crippen LogP) is 0.675. The van der Waals surface area contributed by atoms with Gasteiger partial charge in [-0.3, -0.25) is 19.8 Å². The lowest BCUT2D eigenvalue weighted by atomic mass is 10.1. The number of aryl methyl sites for hydroxylation is 1. The predicted molar refractivity (Wildman–Crippen MR) is 69.4 cm³/mol. The Labute approximate surface area is 116 Å². The number of aromatic nitrogens is 2. The highest BCUT2D eigenvalue weighted by Crippen LogP contribution is 2.14. The van der Waals surface area contributed by atoms with E-state index in [1.54, 1.807) is 11.0 Å². The van der Waals surface area contributed by atoms with Crippen LogP contribution in [0.5, 0.6) is 0 Å². The molecule has 1 aromatic heterocycles. The Bertz CT molecular complexity index is 500. The van der Waals surface area contributed by atoms with Gasteiger partial charge in [0.25, 0.3) is 0 Å². The first-order valence-electron chi connectivity index (χ1n) is 6.07. The summed E-state index contributed by atoms with van der Waals surface area (Å²) in [6, 6.07) is 1.33. The monoisotopic (exact) mass is 282 g/mol. The highest BCUT2D eigenvalue weighted by atomic mass is 35.5. The first-order valence-corrected chi connectivity index (χ1v) is 6.45. The number of piperazine rings is 1. The smallest absolute Gasteiger partial charge is 0.243 e. The Morgan fingerprint density at radius 3 is 2.84 bits per heavy atom. The van der Waals surface area contributed by atoms with Crippen molar-refractivity contribution in [1.82, 2.24) is 20.2 Å². The molecule has 1 aliphatic rings. The second kappa shape index (κ2) is 5.63. The fourth-order valence-electron chi connectivity index (χ4n) is 2.17. The Morgan fingerprint density at radius 2 is 2.21 bits per heavy atom. The number of rotatable bonds is 3. The molecule has 0 aliphatic carbocycles. The van der Waals surface area contributed by atoms with Gasteiger partial charge in [0.15, 0.2) is 0 Å². The molecular weight excluding hydrogens is 268 g/mol. The Hall–Kier alpha value is -1.53. The average molecular weight is 283 g/mol. The van der Waals surface area contributed by atoms with Crippen molar-refractivity contribution in [2.45, 2.75) is 32.9 Å². The summed E-state index contributed by atoms with van der Waals surface area (Å²) in [7, 11) is 0. The average Bonchev–Trinajstić information content (AvgIpc) is 2.26. The third-order valence-corrected chi connectivity index (χ3v) is 3.15. The molecule has 0 radical (unpaired) electrons. The fraction of sp³-hybridized carbons (Fsp3) is 0.500. The van der Waals surface area contributed by atoms with Crippen molar-refractivity contribution in [3.63, 3.8) is 0 Å². The largest absolute Gasteiger partial charge is 0.294 e. The van der Waals surface area contributed by atoms with E-state index < -0.39 is 0 Å². The fourth-order valence-corrected chi connectivity index (χ4v) is 2.43. The molecule has 0 bridgehead atoms. The van der Waals surface area contributed by atoms with Gasteiger partial charge in [-0.2, -0.15) is 0 Å². The highest BCUT2D eigenvalue weighted by molar-refractivity contribution is 6.29. The lowest BCUT2D eigenvalue weighted by Crippen LogP contribution is -2.57. The van der Waals surface area contributed by atoms with Crippen molar-refractivity contribution in [3.05, 3.63) is 22.7 Å². The molecule has 102 valence electrons. The van der Waals surface area contributed by atoms with Gasteiger partial charge in [-0.15, -0.1) is 0 Å². The molecular formula is C12H15ClN4O2. The molecule has 2 heterocycles. The number of nitrogens with zero attached hydrogens (tertiary/aromatic N) is 3. The number of amides is 2. The van der Waals surface area contributed by atoms with E-state index in [9.17, 15) is 9.59 Å². The summed E-state index contributed by atoms with van der Waals surface area (Å²) in [6.45, 7) is 4.22. The van der Waals surface area contributed by atoms with Gasteiger partial charge in [-0.05, 0) is 19.4 Å². The molecule has 1 aromatic rings. The third kappa shape index (κ3) is 3.27. The number of nitrogens with one attached hydrogen (secondary N) is 1. The molecule has 1 unspecified atom stereocenters. The molecule has 7 heteroatoms. The summed E-state index contributed by atoms with van der Waals surface area (Å²) >= 11 is 5.88. The van der Waals surface area contributed by atoms with Gasteiger partial charge in [0.2, 0.25) is 11.8 Å². The first-order chi connectivity index (χ1) is 8.99. The second-order valence-corrected chi connectivity index (χ2v) is 4.88. The summed E-state index contributed by atoms with van der Waals surface area (Å²) in [4.78, 5) is 33.3. The van der Waals surface area contributed by atoms with E-state index >= 15 is 0 Å². The molecule has 6 nitrogen and oxygen atoms in total. The molecule has 1 N–H and O–H groups in total. The van der Waals surface area contributed by atoms with Gasteiger partial charge < -0.3 is 0 Å². The van der Waals surface area contributed by atoms with Crippen LogP contribution in [0.25, 0.3) is 0 Å². The summed E-state index contributed by atoms with van der Waals surface area (Å²) < 4.78 is 0. The number of hydrogen-bond acceptors (Lipinski definition) is 5. The molecule has 19 heavy (non-hydrogen) atoms. The van der Waals surface area contributed by atoms with Crippen LogP contribution in [0.15, 0.2) is 6.07 Å². The van der Waals surface area contributed by atoms with Crippen LogP contribution in [-0.4, -0.2) is 39.3 Å². The van der Waals surface area contributed by atoms with Gasteiger partial charge in [0.1, 0.15) is 11.0 Å². The molecule has 2 amide bonds. The highest BCUT2D eigenvalue weighted by Gasteiger charge is 2.32. The van der Waals surface area contributed by atoms with Gasteiger partial charge in [-0.25, -0.2) is 9.97 Å². The molecule has 1 fully saturated rings. The van der Waals surface area contributed by atoms with E-state index in [0.29, 0.717) is 23.9 Å². The van der Waals surface area contributed by atoms with Crippen LogP contribution in [0.4, 0.5) is 0 Å².